The number of sulfonamides is 1. The highest BCUT2D eigenvalue weighted by atomic mass is 32.2. The van der Waals surface area contributed by atoms with Crippen molar-refractivity contribution in [2.75, 3.05) is 24.7 Å². The van der Waals surface area contributed by atoms with Crippen LogP contribution in [0.1, 0.15) is 19.3 Å². The second-order valence-electron chi connectivity index (χ2n) is 5.14. The molecular weight excluding hydrogens is 292 g/mol. The second-order valence-corrected chi connectivity index (χ2v) is 6.97. The van der Waals surface area contributed by atoms with E-state index in [4.69, 9.17) is 0 Å². The number of carbonyl (C=O) groups excluding carboxylic acids is 1. The molecule has 8 heteroatoms. The van der Waals surface area contributed by atoms with Gasteiger partial charge in [-0.2, -0.15) is 0 Å². The average Bonchev–Trinajstić information content (AvgIpc) is 2.46. The number of hydrogen-bond acceptors (Lipinski definition) is 4. The summed E-state index contributed by atoms with van der Waals surface area (Å²) in [7, 11) is -3.25. The molecule has 1 aromatic rings. The quantitative estimate of drug-likeness (QED) is 0.868. The fraction of sp³-hybridized carbons (Fsp3) is 0.538. The van der Waals surface area contributed by atoms with E-state index in [0.29, 0.717) is 12.2 Å². The Balaban J connectivity index is 1.99. The van der Waals surface area contributed by atoms with Gasteiger partial charge >= 0.3 is 6.03 Å². The lowest BCUT2D eigenvalue weighted by Gasteiger charge is -2.35. The summed E-state index contributed by atoms with van der Waals surface area (Å²) in [5.74, 6) is 0. The van der Waals surface area contributed by atoms with Crippen LogP contribution in [0.4, 0.5) is 10.5 Å². The molecule has 2 amide bonds. The summed E-state index contributed by atoms with van der Waals surface area (Å²) in [6.07, 6.45) is 7.04. The van der Waals surface area contributed by atoms with Crippen molar-refractivity contribution < 1.29 is 13.2 Å². The highest BCUT2D eigenvalue weighted by Gasteiger charge is 2.27. The van der Waals surface area contributed by atoms with Crippen LogP contribution < -0.4 is 10.0 Å². The Morgan fingerprint density at radius 1 is 1.48 bits per heavy atom. The lowest BCUT2D eigenvalue weighted by atomic mass is 10.0. The molecule has 1 aliphatic rings. The number of nitrogens with one attached hydrogen (secondary N) is 2. The number of rotatable bonds is 4. The van der Waals surface area contributed by atoms with E-state index in [2.05, 4.69) is 15.0 Å². The van der Waals surface area contributed by atoms with Gasteiger partial charge in [0.15, 0.2) is 0 Å². The summed E-state index contributed by atoms with van der Waals surface area (Å²) in [4.78, 5) is 17.9. The number of piperidine rings is 1. The van der Waals surface area contributed by atoms with Crippen LogP contribution in [0, 0.1) is 0 Å². The molecule has 2 rings (SSSR count). The molecule has 1 fully saturated rings. The first-order valence-electron chi connectivity index (χ1n) is 6.88. The Hall–Kier alpha value is -1.67. The number of amides is 2. The molecule has 21 heavy (non-hydrogen) atoms. The minimum atomic E-state index is -3.25. The lowest BCUT2D eigenvalue weighted by Crippen LogP contribution is -2.50. The third kappa shape index (κ3) is 4.98. The van der Waals surface area contributed by atoms with Crippen LogP contribution in [-0.2, 0) is 10.0 Å². The third-order valence-corrected chi connectivity index (χ3v) is 4.07. The van der Waals surface area contributed by atoms with Gasteiger partial charge in [-0.15, -0.1) is 0 Å². The normalized spacial score (nSPS) is 19.3. The maximum atomic E-state index is 12.3. The van der Waals surface area contributed by atoms with E-state index >= 15 is 0 Å². The number of nitrogens with zero attached hydrogens (tertiary/aromatic N) is 2. The van der Waals surface area contributed by atoms with Crippen molar-refractivity contribution in [1.29, 1.82) is 0 Å². The van der Waals surface area contributed by atoms with Gasteiger partial charge in [0, 0.05) is 25.3 Å². The number of anilines is 1. The number of hydrogen-bond donors (Lipinski definition) is 2. The van der Waals surface area contributed by atoms with Crippen LogP contribution >= 0.6 is 0 Å². The van der Waals surface area contributed by atoms with Gasteiger partial charge in [-0.05, 0) is 31.4 Å². The molecule has 1 atom stereocenters. The fourth-order valence-electron chi connectivity index (χ4n) is 2.36. The molecule has 0 unspecified atom stereocenters. The maximum Gasteiger partial charge on any atom is 0.322 e. The predicted molar refractivity (Wildman–Crippen MR) is 80.4 cm³/mol. The van der Waals surface area contributed by atoms with E-state index < -0.39 is 10.0 Å². The van der Waals surface area contributed by atoms with E-state index in [1.807, 2.05) is 0 Å². The Morgan fingerprint density at radius 3 is 2.95 bits per heavy atom. The molecule has 2 N–H and O–H groups in total. The molecule has 0 radical (unpaired) electrons. The molecular formula is C13H20N4O3S. The molecule has 1 aromatic heterocycles. The summed E-state index contributed by atoms with van der Waals surface area (Å²) >= 11 is 0. The second kappa shape index (κ2) is 6.86. The number of aromatic nitrogens is 1. The average molecular weight is 312 g/mol. The van der Waals surface area contributed by atoms with Crippen molar-refractivity contribution in [3.05, 3.63) is 24.5 Å². The van der Waals surface area contributed by atoms with Crippen molar-refractivity contribution in [3.63, 3.8) is 0 Å². The number of likely N-dealkylation sites (tertiary alicyclic amines) is 1. The van der Waals surface area contributed by atoms with E-state index in [-0.39, 0.29) is 18.6 Å². The predicted octanol–water partition coefficient (Wildman–Crippen LogP) is 1.02. The van der Waals surface area contributed by atoms with Crippen LogP contribution in [0.3, 0.4) is 0 Å². The Bertz CT molecular complexity index is 576. The highest BCUT2D eigenvalue weighted by molar-refractivity contribution is 7.88. The number of pyridine rings is 1. The molecule has 1 aliphatic heterocycles. The molecule has 0 spiro atoms. The Morgan fingerprint density at radius 2 is 2.29 bits per heavy atom. The summed E-state index contributed by atoms with van der Waals surface area (Å²) in [5.41, 5.74) is 0.628. The zero-order chi connectivity index (χ0) is 15.3. The summed E-state index contributed by atoms with van der Waals surface area (Å²) in [6, 6.07) is 3.17. The molecule has 0 aliphatic carbocycles. The van der Waals surface area contributed by atoms with E-state index in [0.717, 1.165) is 25.5 Å². The van der Waals surface area contributed by atoms with Crippen LogP contribution in [0.25, 0.3) is 0 Å². The fourth-order valence-corrected chi connectivity index (χ4v) is 2.85. The lowest BCUT2D eigenvalue weighted by molar-refractivity contribution is 0.164. The molecule has 2 heterocycles. The SMILES string of the molecule is CS(=O)(=O)NC[C@@H]1CCCCN1C(=O)Nc1cccnc1. The molecule has 0 saturated carbocycles. The van der Waals surface area contributed by atoms with Gasteiger partial charge in [0.2, 0.25) is 10.0 Å². The smallest absolute Gasteiger partial charge is 0.320 e. The first-order valence-corrected chi connectivity index (χ1v) is 8.77. The monoisotopic (exact) mass is 312 g/mol. The summed E-state index contributed by atoms with van der Waals surface area (Å²) in [6.45, 7) is 0.876. The molecule has 116 valence electrons. The minimum absolute atomic E-state index is 0.120. The molecule has 0 aromatic carbocycles. The topological polar surface area (TPSA) is 91.4 Å². The standard InChI is InChI=1S/C13H20N4O3S/c1-21(19,20)15-10-12-6-2-3-8-17(12)13(18)16-11-5-4-7-14-9-11/h4-5,7,9,12,15H,2-3,6,8,10H2,1H3,(H,16,18)/t12-/m0/s1. The highest BCUT2D eigenvalue weighted by Crippen LogP contribution is 2.18. The zero-order valence-corrected chi connectivity index (χ0v) is 12.8. The van der Waals surface area contributed by atoms with Gasteiger partial charge < -0.3 is 10.2 Å². The Labute approximate surface area is 124 Å². The van der Waals surface area contributed by atoms with Crippen LogP contribution in [0.15, 0.2) is 24.5 Å². The Kier molecular flexibility index (Phi) is 5.13. The van der Waals surface area contributed by atoms with Crippen molar-refractivity contribution in [1.82, 2.24) is 14.6 Å². The van der Waals surface area contributed by atoms with Crippen molar-refractivity contribution >= 4 is 21.7 Å². The van der Waals surface area contributed by atoms with Gasteiger partial charge in [0.25, 0.3) is 0 Å². The first kappa shape index (κ1) is 15.7. The van der Waals surface area contributed by atoms with Crippen molar-refractivity contribution in [3.8, 4) is 0 Å². The van der Waals surface area contributed by atoms with E-state index in [1.54, 1.807) is 29.4 Å². The van der Waals surface area contributed by atoms with Crippen LogP contribution in [0.5, 0.6) is 0 Å². The van der Waals surface area contributed by atoms with Gasteiger partial charge in [-0.1, -0.05) is 0 Å². The van der Waals surface area contributed by atoms with Crippen molar-refractivity contribution in [2.45, 2.75) is 25.3 Å². The van der Waals surface area contributed by atoms with E-state index in [1.165, 1.54) is 0 Å². The summed E-state index contributed by atoms with van der Waals surface area (Å²) in [5, 5.41) is 2.79. The largest absolute Gasteiger partial charge is 0.322 e. The van der Waals surface area contributed by atoms with Gasteiger partial charge in [0.05, 0.1) is 18.1 Å². The zero-order valence-electron chi connectivity index (χ0n) is 11.9. The number of urea groups is 1. The van der Waals surface area contributed by atoms with Gasteiger partial charge in [0.1, 0.15) is 0 Å². The van der Waals surface area contributed by atoms with Crippen LogP contribution in [0.2, 0.25) is 0 Å². The maximum absolute atomic E-state index is 12.3. The van der Waals surface area contributed by atoms with Crippen molar-refractivity contribution in [2.24, 2.45) is 0 Å². The molecule has 1 saturated heterocycles. The van der Waals surface area contributed by atoms with Crippen LogP contribution in [-0.4, -0.2) is 49.7 Å². The minimum Gasteiger partial charge on any atom is -0.320 e. The van der Waals surface area contributed by atoms with Gasteiger partial charge in [-0.25, -0.2) is 17.9 Å². The first-order chi connectivity index (χ1) is 9.96. The number of carbonyl (C=O) groups is 1. The summed E-state index contributed by atoms with van der Waals surface area (Å²) < 4.78 is 24.9. The molecule has 7 nitrogen and oxygen atoms in total. The van der Waals surface area contributed by atoms with Gasteiger partial charge in [-0.3, -0.25) is 4.98 Å². The van der Waals surface area contributed by atoms with E-state index in [9.17, 15) is 13.2 Å². The third-order valence-electron chi connectivity index (χ3n) is 3.38. The molecule has 0 bridgehead atoms.